The van der Waals surface area contributed by atoms with E-state index in [1.54, 1.807) is 30.3 Å². The molecule has 2 aromatic carbocycles. The van der Waals surface area contributed by atoms with Gasteiger partial charge in [-0.25, -0.2) is 5.43 Å². The number of hydrogen-bond donors (Lipinski definition) is 2. The smallest absolute Gasteiger partial charge is 0.263 e. The zero-order valence-electron chi connectivity index (χ0n) is 14.2. The quantitative estimate of drug-likeness (QED) is 0.493. The number of aromatic nitrogens is 4. The summed E-state index contributed by atoms with van der Waals surface area (Å²) in [4.78, 5) is 13.1. The van der Waals surface area contributed by atoms with Crippen LogP contribution in [0.5, 0.6) is 11.5 Å². The number of tetrazole rings is 1. The predicted molar refractivity (Wildman–Crippen MR) is 98.7 cm³/mol. The number of phenols is 1. The van der Waals surface area contributed by atoms with E-state index < -0.39 is 5.91 Å². The molecule has 138 valence electrons. The van der Waals surface area contributed by atoms with Crippen LogP contribution in [-0.4, -0.2) is 44.5 Å². The van der Waals surface area contributed by atoms with Gasteiger partial charge in [-0.05, 0) is 41.1 Å². The van der Waals surface area contributed by atoms with E-state index in [-0.39, 0.29) is 12.3 Å². The van der Waals surface area contributed by atoms with Gasteiger partial charge in [-0.15, -0.1) is 10.2 Å². The highest BCUT2D eigenvalue weighted by atomic mass is 35.5. The minimum atomic E-state index is -0.430. The van der Waals surface area contributed by atoms with Gasteiger partial charge in [-0.3, -0.25) is 4.79 Å². The molecule has 0 aliphatic carbocycles. The van der Waals surface area contributed by atoms with Crippen molar-refractivity contribution in [1.82, 2.24) is 25.6 Å². The molecule has 0 radical (unpaired) electrons. The van der Waals surface area contributed by atoms with Crippen molar-refractivity contribution in [3.63, 3.8) is 0 Å². The van der Waals surface area contributed by atoms with Crippen LogP contribution in [0.3, 0.4) is 0 Å². The molecule has 0 fully saturated rings. The molecule has 0 atom stereocenters. The van der Waals surface area contributed by atoms with Crippen molar-refractivity contribution in [3.8, 4) is 22.9 Å². The molecule has 1 aromatic heterocycles. The molecule has 0 saturated heterocycles. The highest BCUT2D eigenvalue weighted by Gasteiger charge is 2.11. The van der Waals surface area contributed by atoms with Gasteiger partial charge in [0.15, 0.2) is 11.5 Å². The Hall–Kier alpha value is -3.46. The number of nitrogens with zero attached hydrogens (tertiary/aromatic N) is 5. The number of nitrogens with one attached hydrogen (secondary N) is 1. The van der Waals surface area contributed by atoms with Crippen LogP contribution in [0.4, 0.5) is 0 Å². The summed E-state index contributed by atoms with van der Waals surface area (Å²) in [6.07, 6.45) is 1.42. The van der Waals surface area contributed by atoms with E-state index in [2.05, 4.69) is 25.9 Å². The molecular formula is C17H15ClN6O3. The first kappa shape index (κ1) is 18.3. The normalized spacial score (nSPS) is 10.9. The highest BCUT2D eigenvalue weighted by molar-refractivity contribution is 6.33. The molecule has 1 heterocycles. The fourth-order valence-electron chi connectivity index (χ4n) is 2.18. The lowest BCUT2D eigenvalue weighted by molar-refractivity contribution is -0.122. The Labute approximate surface area is 159 Å². The van der Waals surface area contributed by atoms with Gasteiger partial charge in [-0.1, -0.05) is 23.7 Å². The number of phenolic OH excluding ortho intramolecular Hbond substituents is 1. The Bertz CT molecular complexity index is 988. The van der Waals surface area contributed by atoms with Crippen molar-refractivity contribution in [1.29, 1.82) is 0 Å². The molecule has 0 spiro atoms. The summed E-state index contributed by atoms with van der Waals surface area (Å²) in [5.74, 6) is 0.225. The minimum absolute atomic E-state index is 0.0188. The Morgan fingerprint density at radius 2 is 2.19 bits per heavy atom. The highest BCUT2D eigenvalue weighted by Crippen LogP contribution is 2.25. The molecule has 0 unspecified atom stereocenters. The summed E-state index contributed by atoms with van der Waals surface area (Å²) in [6, 6.07) is 11.8. The maximum Gasteiger partial charge on any atom is 0.263 e. The number of carbonyl (C=O) groups excluding carboxylic acids is 1. The first-order valence-corrected chi connectivity index (χ1v) is 8.16. The number of hydrogen-bond acceptors (Lipinski definition) is 7. The first-order valence-electron chi connectivity index (χ1n) is 7.78. The summed E-state index contributed by atoms with van der Waals surface area (Å²) in [5, 5.41) is 25.8. The van der Waals surface area contributed by atoms with Gasteiger partial charge >= 0.3 is 0 Å². The lowest BCUT2D eigenvalue weighted by Crippen LogP contribution is -2.24. The molecule has 1 amide bonds. The van der Waals surface area contributed by atoms with Crippen molar-refractivity contribution in [3.05, 3.63) is 53.1 Å². The fraction of sp³-hybridized carbons (Fsp3) is 0.118. The van der Waals surface area contributed by atoms with Crippen molar-refractivity contribution < 1.29 is 14.6 Å². The molecule has 0 bridgehead atoms. The zero-order valence-corrected chi connectivity index (χ0v) is 15.0. The summed E-state index contributed by atoms with van der Waals surface area (Å²) < 4.78 is 5.00. The number of aromatic hydroxyl groups is 1. The molecule has 0 aliphatic heterocycles. The van der Waals surface area contributed by atoms with E-state index in [1.165, 1.54) is 19.4 Å². The topological polar surface area (TPSA) is 115 Å². The number of benzene rings is 2. The van der Waals surface area contributed by atoms with Gasteiger partial charge in [0.05, 0.1) is 18.3 Å². The van der Waals surface area contributed by atoms with Gasteiger partial charge in [-0.2, -0.15) is 9.90 Å². The van der Waals surface area contributed by atoms with Gasteiger partial charge < -0.3 is 9.84 Å². The molecule has 9 nitrogen and oxygen atoms in total. The number of ether oxygens (including phenoxy) is 1. The molecule has 10 heteroatoms. The summed E-state index contributed by atoms with van der Waals surface area (Å²) in [6.45, 7) is -0.159. The molecule has 2 N–H and O–H groups in total. The number of rotatable bonds is 6. The number of carbonyl (C=O) groups is 1. The van der Waals surface area contributed by atoms with Crippen LogP contribution in [0.25, 0.3) is 11.4 Å². The third-order valence-electron chi connectivity index (χ3n) is 3.46. The Kier molecular flexibility index (Phi) is 5.62. The van der Waals surface area contributed by atoms with Crippen molar-refractivity contribution in [2.45, 2.75) is 6.54 Å². The zero-order chi connectivity index (χ0) is 19.2. The van der Waals surface area contributed by atoms with Gasteiger partial charge in [0.2, 0.25) is 5.82 Å². The average molecular weight is 387 g/mol. The maximum atomic E-state index is 11.9. The van der Waals surface area contributed by atoms with E-state index in [9.17, 15) is 9.90 Å². The molecule has 0 aliphatic rings. The average Bonchev–Trinajstić information content (AvgIpc) is 3.11. The largest absolute Gasteiger partial charge is 0.504 e. The summed E-state index contributed by atoms with van der Waals surface area (Å²) >= 11 is 6.09. The van der Waals surface area contributed by atoms with Crippen LogP contribution >= 0.6 is 11.6 Å². The maximum absolute atomic E-state index is 11.9. The van der Waals surface area contributed by atoms with Crippen LogP contribution in [0.15, 0.2) is 47.6 Å². The van der Waals surface area contributed by atoms with E-state index in [0.717, 1.165) is 4.80 Å². The second-order valence-electron chi connectivity index (χ2n) is 5.35. The van der Waals surface area contributed by atoms with Crippen molar-refractivity contribution in [2.24, 2.45) is 5.10 Å². The Morgan fingerprint density at radius 3 is 2.96 bits per heavy atom. The molecule has 0 saturated carbocycles. The number of amides is 1. The minimum Gasteiger partial charge on any atom is -0.504 e. The van der Waals surface area contributed by atoms with Gasteiger partial charge in [0, 0.05) is 5.56 Å². The lowest BCUT2D eigenvalue weighted by atomic mass is 10.2. The van der Waals surface area contributed by atoms with Crippen LogP contribution in [0.1, 0.15) is 5.56 Å². The SMILES string of the molecule is COc1cc(/C=N\NC(=O)Cn2nnc(-c3ccccc3Cl)n2)ccc1O. The second kappa shape index (κ2) is 8.28. The summed E-state index contributed by atoms with van der Waals surface area (Å²) in [5.41, 5.74) is 3.64. The molecule has 27 heavy (non-hydrogen) atoms. The van der Waals surface area contributed by atoms with E-state index >= 15 is 0 Å². The molecule has 3 aromatic rings. The molecule has 3 rings (SSSR count). The standard InChI is InChI=1S/C17H15ClN6O3/c1-27-15-8-11(6-7-14(15)25)9-19-20-16(26)10-24-22-17(21-23-24)12-4-2-3-5-13(12)18/h2-9,25H,10H2,1H3,(H,20,26)/b19-9-. The van der Waals surface area contributed by atoms with Gasteiger partial charge in [0.25, 0.3) is 5.91 Å². The molecular weight excluding hydrogens is 372 g/mol. The predicted octanol–water partition coefficient (Wildman–Crippen LogP) is 1.86. The first-order chi connectivity index (χ1) is 13.1. The summed E-state index contributed by atoms with van der Waals surface area (Å²) in [7, 11) is 1.44. The fourth-order valence-corrected chi connectivity index (χ4v) is 2.40. The number of hydrazone groups is 1. The van der Waals surface area contributed by atoms with Crippen molar-refractivity contribution in [2.75, 3.05) is 7.11 Å². The van der Waals surface area contributed by atoms with Crippen LogP contribution in [0, 0.1) is 0 Å². The van der Waals surface area contributed by atoms with Crippen LogP contribution in [-0.2, 0) is 11.3 Å². The monoisotopic (exact) mass is 386 g/mol. The lowest BCUT2D eigenvalue weighted by Gasteiger charge is -2.03. The Balaban J connectivity index is 1.59. The van der Waals surface area contributed by atoms with E-state index in [4.69, 9.17) is 16.3 Å². The third-order valence-corrected chi connectivity index (χ3v) is 3.79. The van der Waals surface area contributed by atoms with Gasteiger partial charge in [0.1, 0.15) is 6.54 Å². The number of methoxy groups -OCH3 is 1. The second-order valence-corrected chi connectivity index (χ2v) is 5.75. The van der Waals surface area contributed by atoms with E-state index in [1.807, 2.05) is 6.07 Å². The van der Waals surface area contributed by atoms with E-state index in [0.29, 0.717) is 27.7 Å². The van der Waals surface area contributed by atoms with Crippen molar-refractivity contribution >= 4 is 23.7 Å². The van der Waals surface area contributed by atoms with Crippen LogP contribution < -0.4 is 10.2 Å². The number of halogens is 1. The third kappa shape index (κ3) is 4.59. The van der Waals surface area contributed by atoms with Crippen LogP contribution in [0.2, 0.25) is 5.02 Å². The Morgan fingerprint density at radius 1 is 1.37 bits per heavy atom.